The fourth-order valence-corrected chi connectivity index (χ4v) is 6.15. The summed E-state index contributed by atoms with van der Waals surface area (Å²) < 4.78 is 72.9. The maximum Gasteiger partial charge on any atom is 0.511 e. The van der Waals surface area contributed by atoms with E-state index in [0.717, 1.165) is 25.7 Å². The lowest BCUT2D eigenvalue weighted by atomic mass is 9.96. The van der Waals surface area contributed by atoms with Gasteiger partial charge in [-0.2, -0.15) is 17.5 Å². The molecule has 1 aliphatic carbocycles. The molecule has 1 aliphatic heterocycles. The molecule has 2 aliphatic rings. The molecule has 36 heavy (non-hydrogen) atoms. The Labute approximate surface area is 209 Å². The van der Waals surface area contributed by atoms with Gasteiger partial charge in [-0.25, -0.2) is 8.42 Å². The molecule has 0 spiro atoms. The van der Waals surface area contributed by atoms with Crippen molar-refractivity contribution in [1.82, 2.24) is 9.29 Å². The number of nitrogens with zero attached hydrogens (tertiary/aromatic N) is 3. The van der Waals surface area contributed by atoms with E-state index in [9.17, 15) is 21.6 Å². The van der Waals surface area contributed by atoms with Crippen LogP contribution in [0.2, 0.25) is 0 Å². The predicted octanol–water partition coefficient (Wildman–Crippen LogP) is 3.62. The largest absolute Gasteiger partial charge is 0.511 e. The van der Waals surface area contributed by atoms with Crippen molar-refractivity contribution in [2.24, 2.45) is 11.7 Å². The van der Waals surface area contributed by atoms with Gasteiger partial charge in [-0.05, 0) is 36.6 Å². The van der Waals surface area contributed by atoms with E-state index >= 15 is 0 Å². The van der Waals surface area contributed by atoms with Crippen LogP contribution in [-0.4, -0.2) is 49.0 Å². The first-order valence-corrected chi connectivity index (χ1v) is 13.5. The third-order valence-corrected chi connectivity index (χ3v) is 8.41. The molecular formula is C24H32F3N5O3S. The highest BCUT2D eigenvalue weighted by Gasteiger charge is 2.51. The monoisotopic (exact) mass is 527 g/mol. The Morgan fingerprint density at radius 2 is 1.92 bits per heavy atom. The summed E-state index contributed by atoms with van der Waals surface area (Å²) in [5.41, 5.74) is 8.28. The second-order valence-corrected chi connectivity index (χ2v) is 11.3. The number of nitrogens with two attached hydrogens (primary N) is 2. The first kappa shape index (κ1) is 26.5. The molecule has 8 nitrogen and oxygen atoms in total. The van der Waals surface area contributed by atoms with Crippen LogP contribution in [0.25, 0.3) is 0 Å². The summed E-state index contributed by atoms with van der Waals surface area (Å²) in [6, 6.07) is 8.05. The van der Waals surface area contributed by atoms with Crippen molar-refractivity contribution in [3.05, 3.63) is 47.8 Å². The van der Waals surface area contributed by atoms with Crippen LogP contribution in [-0.2, 0) is 23.1 Å². The SMILES string of the molecule is NCCOc1cccc2c1CN(S(=O)(=O)C(F)(F)F)CC(CC1CCCC1)N2Cc1cc(N)ccn1. The van der Waals surface area contributed by atoms with Gasteiger partial charge in [0.15, 0.2) is 0 Å². The van der Waals surface area contributed by atoms with E-state index in [-0.39, 0.29) is 26.2 Å². The number of ether oxygens (including phenoxy) is 1. The van der Waals surface area contributed by atoms with Gasteiger partial charge in [0.1, 0.15) is 12.4 Å². The number of aromatic nitrogens is 1. The number of hydrogen-bond acceptors (Lipinski definition) is 7. The van der Waals surface area contributed by atoms with Crippen LogP contribution in [0, 0.1) is 5.92 Å². The number of nitrogen functional groups attached to an aromatic ring is 1. The summed E-state index contributed by atoms with van der Waals surface area (Å²) in [7, 11) is -5.58. The highest BCUT2D eigenvalue weighted by atomic mass is 32.2. The first-order valence-electron chi connectivity index (χ1n) is 12.1. The zero-order chi connectivity index (χ0) is 25.9. The maximum absolute atomic E-state index is 13.7. The smallest absolute Gasteiger partial charge is 0.492 e. The minimum absolute atomic E-state index is 0.144. The van der Waals surface area contributed by atoms with Gasteiger partial charge in [-0.3, -0.25) is 4.98 Å². The summed E-state index contributed by atoms with van der Waals surface area (Å²) in [5, 5.41) is 0. The summed E-state index contributed by atoms with van der Waals surface area (Å²) in [6.07, 6.45) is 6.22. The van der Waals surface area contributed by atoms with Crippen molar-refractivity contribution in [1.29, 1.82) is 0 Å². The Morgan fingerprint density at radius 3 is 2.58 bits per heavy atom. The Morgan fingerprint density at radius 1 is 1.17 bits per heavy atom. The van der Waals surface area contributed by atoms with Crippen molar-refractivity contribution < 1.29 is 26.3 Å². The van der Waals surface area contributed by atoms with Gasteiger partial charge in [-0.1, -0.05) is 31.7 Å². The average Bonchev–Trinajstić information content (AvgIpc) is 3.27. The molecule has 2 heterocycles. The summed E-state index contributed by atoms with van der Waals surface area (Å²) >= 11 is 0. The fourth-order valence-electron chi connectivity index (χ4n) is 5.19. The minimum Gasteiger partial charge on any atom is -0.492 e. The van der Waals surface area contributed by atoms with Crippen molar-refractivity contribution in [2.75, 3.05) is 30.3 Å². The molecule has 1 saturated carbocycles. The Kier molecular flexibility index (Phi) is 7.96. The van der Waals surface area contributed by atoms with Crippen LogP contribution in [0.15, 0.2) is 36.5 Å². The third kappa shape index (κ3) is 5.70. The van der Waals surface area contributed by atoms with Gasteiger partial charge >= 0.3 is 15.5 Å². The number of sulfonamides is 1. The van der Waals surface area contributed by atoms with Gasteiger partial charge < -0.3 is 21.1 Å². The molecule has 1 aromatic carbocycles. The van der Waals surface area contributed by atoms with E-state index in [4.69, 9.17) is 16.2 Å². The van der Waals surface area contributed by atoms with E-state index in [2.05, 4.69) is 4.98 Å². The topological polar surface area (TPSA) is 115 Å². The lowest BCUT2D eigenvalue weighted by Gasteiger charge is -2.35. The zero-order valence-electron chi connectivity index (χ0n) is 20.0. The Hall–Kier alpha value is -2.57. The predicted molar refractivity (Wildman–Crippen MR) is 132 cm³/mol. The number of fused-ring (bicyclic) bond motifs is 1. The number of anilines is 2. The van der Waals surface area contributed by atoms with E-state index in [0.29, 0.717) is 45.0 Å². The standard InChI is InChI=1S/C24H32F3N5O3S/c25-24(26,27)36(33,34)31-15-20(12-17-4-1-2-5-17)32(14-19-13-18(29)8-10-30-19)22-6-3-7-23(21(22)16-31)35-11-9-28/h3,6-8,10,13,17,20H,1-2,4-5,9,11-12,14-16,28H2,(H2,29,30). The molecule has 198 valence electrons. The maximum atomic E-state index is 13.7. The van der Waals surface area contributed by atoms with Crippen LogP contribution in [0.1, 0.15) is 43.4 Å². The Bertz CT molecular complexity index is 1160. The highest BCUT2D eigenvalue weighted by molar-refractivity contribution is 7.89. The first-order chi connectivity index (χ1) is 17.1. The second kappa shape index (κ2) is 10.8. The van der Waals surface area contributed by atoms with Crippen LogP contribution in [0.3, 0.4) is 0 Å². The van der Waals surface area contributed by atoms with Crippen LogP contribution >= 0.6 is 0 Å². The molecule has 1 aromatic heterocycles. The number of benzene rings is 1. The number of rotatable bonds is 8. The van der Waals surface area contributed by atoms with Gasteiger partial charge in [-0.15, -0.1) is 0 Å². The molecule has 2 aromatic rings. The van der Waals surface area contributed by atoms with Crippen LogP contribution in [0.4, 0.5) is 24.5 Å². The van der Waals surface area contributed by atoms with Gasteiger partial charge in [0.05, 0.1) is 12.2 Å². The molecule has 4 rings (SSSR count). The molecule has 0 radical (unpaired) electrons. The Balaban J connectivity index is 1.83. The molecule has 1 atom stereocenters. The van der Waals surface area contributed by atoms with E-state index < -0.39 is 28.1 Å². The summed E-state index contributed by atoms with van der Waals surface area (Å²) in [4.78, 5) is 6.37. The van der Waals surface area contributed by atoms with Gasteiger partial charge in [0, 0.05) is 48.8 Å². The molecule has 12 heteroatoms. The van der Waals surface area contributed by atoms with E-state index in [1.807, 2.05) is 4.90 Å². The summed E-state index contributed by atoms with van der Waals surface area (Å²) in [5.74, 6) is 0.618. The third-order valence-electron chi connectivity index (χ3n) is 6.87. The quantitative estimate of drug-likeness (QED) is 0.539. The molecular weight excluding hydrogens is 495 g/mol. The molecule has 0 amide bonds. The fraction of sp³-hybridized carbons (Fsp3) is 0.542. The normalized spacial score (nSPS) is 19.8. The van der Waals surface area contributed by atoms with Gasteiger partial charge in [0.2, 0.25) is 0 Å². The minimum atomic E-state index is -5.58. The summed E-state index contributed by atoms with van der Waals surface area (Å²) in [6.45, 7) is -0.151. The number of pyridine rings is 1. The molecule has 1 fully saturated rings. The average molecular weight is 528 g/mol. The van der Waals surface area contributed by atoms with Gasteiger partial charge in [0.25, 0.3) is 0 Å². The molecule has 1 unspecified atom stereocenters. The second-order valence-electron chi connectivity index (χ2n) is 9.38. The number of alkyl halides is 3. The van der Waals surface area contributed by atoms with Crippen molar-refractivity contribution >= 4 is 21.4 Å². The lowest BCUT2D eigenvalue weighted by Crippen LogP contribution is -2.47. The van der Waals surface area contributed by atoms with Crippen LogP contribution < -0.4 is 21.1 Å². The number of halogens is 3. The molecule has 4 N–H and O–H groups in total. The lowest BCUT2D eigenvalue weighted by molar-refractivity contribution is -0.0492. The highest BCUT2D eigenvalue weighted by Crippen LogP contribution is 2.41. The van der Waals surface area contributed by atoms with Crippen molar-refractivity contribution in [2.45, 2.75) is 56.7 Å². The van der Waals surface area contributed by atoms with Crippen molar-refractivity contribution in [3.8, 4) is 5.75 Å². The van der Waals surface area contributed by atoms with E-state index in [1.165, 1.54) is 0 Å². The van der Waals surface area contributed by atoms with E-state index in [1.54, 1.807) is 36.5 Å². The van der Waals surface area contributed by atoms with Crippen molar-refractivity contribution in [3.63, 3.8) is 0 Å². The molecule has 0 bridgehead atoms. The number of hydrogen-bond donors (Lipinski definition) is 2. The zero-order valence-corrected chi connectivity index (χ0v) is 20.8. The molecule has 0 saturated heterocycles. The van der Waals surface area contributed by atoms with Crippen LogP contribution in [0.5, 0.6) is 5.75 Å².